The fourth-order valence-corrected chi connectivity index (χ4v) is 3.91. The van der Waals surface area contributed by atoms with Gasteiger partial charge in [0.15, 0.2) is 0 Å². The smallest absolute Gasteiger partial charge is 0.315 e. The number of carbonyl (C=O) groups is 1. The van der Waals surface area contributed by atoms with Gasteiger partial charge in [-0.15, -0.1) is 0 Å². The minimum Gasteiger partial charge on any atom is -0.391 e. The third kappa shape index (κ3) is 5.16. The molecule has 1 aromatic heterocycles. The Kier molecular flexibility index (Phi) is 6.26. The van der Waals surface area contributed by atoms with Crippen molar-refractivity contribution < 1.29 is 9.90 Å². The number of nitrogens with zero attached hydrogens (tertiary/aromatic N) is 2. The van der Waals surface area contributed by atoms with Crippen LogP contribution in [0.2, 0.25) is 0 Å². The van der Waals surface area contributed by atoms with Gasteiger partial charge in [-0.2, -0.15) is 0 Å². The molecule has 0 radical (unpaired) electrons. The molecule has 138 valence electrons. The third-order valence-corrected chi connectivity index (χ3v) is 5.45. The summed E-state index contributed by atoms with van der Waals surface area (Å²) in [7, 11) is 0. The molecule has 1 saturated heterocycles. The number of amides is 2. The van der Waals surface area contributed by atoms with Gasteiger partial charge in [0.1, 0.15) is 0 Å². The fourth-order valence-electron chi connectivity index (χ4n) is 3.91. The third-order valence-electron chi connectivity index (χ3n) is 5.45. The van der Waals surface area contributed by atoms with E-state index in [2.05, 4.69) is 20.5 Å². The van der Waals surface area contributed by atoms with Crippen molar-refractivity contribution in [3.63, 3.8) is 0 Å². The zero-order valence-electron chi connectivity index (χ0n) is 15.1. The number of urea groups is 1. The van der Waals surface area contributed by atoms with Crippen molar-refractivity contribution >= 4 is 6.03 Å². The highest BCUT2D eigenvalue weighted by Gasteiger charge is 2.31. The first-order valence-electron chi connectivity index (χ1n) is 9.50. The number of nitrogens with one attached hydrogen (secondary N) is 2. The second kappa shape index (κ2) is 8.63. The molecule has 1 aliphatic heterocycles. The molecule has 6 heteroatoms. The summed E-state index contributed by atoms with van der Waals surface area (Å²) in [5.74, 6) is 0. The van der Waals surface area contributed by atoms with E-state index < -0.39 is 0 Å². The van der Waals surface area contributed by atoms with E-state index in [1.54, 1.807) is 6.20 Å². The largest absolute Gasteiger partial charge is 0.391 e. The molecular formula is C19H30N4O2. The topological polar surface area (TPSA) is 77.5 Å². The van der Waals surface area contributed by atoms with Crippen molar-refractivity contribution in [3.05, 3.63) is 29.6 Å². The lowest BCUT2D eigenvalue weighted by Gasteiger charge is -2.41. The molecule has 25 heavy (non-hydrogen) atoms. The van der Waals surface area contributed by atoms with Gasteiger partial charge in [0.2, 0.25) is 0 Å². The van der Waals surface area contributed by atoms with Crippen molar-refractivity contribution in [2.45, 2.75) is 70.2 Å². The minimum absolute atomic E-state index is 0.114. The molecular weight excluding hydrogens is 316 g/mol. The van der Waals surface area contributed by atoms with Crippen LogP contribution >= 0.6 is 0 Å². The summed E-state index contributed by atoms with van der Waals surface area (Å²) in [6.07, 6.45) is 7.91. The van der Waals surface area contributed by atoms with E-state index in [0.717, 1.165) is 56.5 Å². The number of aromatic nitrogens is 1. The van der Waals surface area contributed by atoms with Crippen LogP contribution < -0.4 is 10.6 Å². The highest BCUT2D eigenvalue weighted by Crippen LogP contribution is 2.25. The molecule has 2 heterocycles. The SMILES string of the molecule is Cc1ccc(CNC(=O)NC2CCN(C3CCCCC3O)CC2)cn1. The Labute approximate surface area is 150 Å². The van der Waals surface area contributed by atoms with Gasteiger partial charge in [0.05, 0.1) is 6.10 Å². The van der Waals surface area contributed by atoms with Crippen LogP contribution in [0.3, 0.4) is 0 Å². The number of aliphatic hydroxyl groups excluding tert-OH is 1. The molecule has 0 aromatic carbocycles. The summed E-state index contributed by atoms with van der Waals surface area (Å²) in [5.41, 5.74) is 1.98. The quantitative estimate of drug-likeness (QED) is 0.779. The van der Waals surface area contributed by atoms with Crippen LogP contribution in [0.25, 0.3) is 0 Å². The van der Waals surface area contributed by atoms with Crippen LogP contribution in [0.15, 0.2) is 18.3 Å². The Morgan fingerprint density at radius 3 is 2.68 bits per heavy atom. The summed E-state index contributed by atoms with van der Waals surface area (Å²) in [6.45, 7) is 4.35. The van der Waals surface area contributed by atoms with E-state index in [-0.39, 0.29) is 18.2 Å². The van der Waals surface area contributed by atoms with Crippen molar-refractivity contribution in [2.75, 3.05) is 13.1 Å². The zero-order chi connectivity index (χ0) is 17.6. The van der Waals surface area contributed by atoms with Crippen LogP contribution in [0.1, 0.15) is 49.8 Å². The van der Waals surface area contributed by atoms with Crippen LogP contribution in [0, 0.1) is 6.92 Å². The summed E-state index contributed by atoms with van der Waals surface area (Å²) in [5, 5.41) is 16.2. The molecule has 1 aliphatic carbocycles. The molecule has 3 rings (SSSR count). The lowest BCUT2D eigenvalue weighted by atomic mass is 9.89. The summed E-state index contributed by atoms with van der Waals surface area (Å²) < 4.78 is 0. The second-order valence-electron chi connectivity index (χ2n) is 7.36. The molecule has 3 N–H and O–H groups in total. The maximum absolute atomic E-state index is 12.1. The average Bonchev–Trinajstić information content (AvgIpc) is 2.62. The molecule has 1 aromatic rings. The number of pyridine rings is 1. The van der Waals surface area contributed by atoms with Crippen LogP contribution in [0.4, 0.5) is 4.79 Å². The predicted molar refractivity (Wildman–Crippen MR) is 97.2 cm³/mol. The molecule has 6 nitrogen and oxygen atoms in total. The van der Waals surface area contributed by atoms with Gasteiger partial charge >= 0.3 is 6.03 Å². The highest BCUT2D eigenvalue weighted by atomic mass is 16.3. The Morgan fingerprint density at radius 1 is 1.24 bits per heavy atom. The Bertz CT molecular complexity index is 555. The Hall–Kier alpha value is -1.66. The monoisotopic (exact) mass is 346 g/mol. The minimum atomic E-state index is -0.176. The molecule has 2 aliphatic rings. The molecule has 1 saturated carbocycles. The summed E-state index contributed by atoms with van der Waals surface area (Å²) in [6, 6.07) is 4.35. The Balaban J connectivity index is 1.38. The first kappa shape index (κ1) is 18.1. The van der Waals surface area contributed by atoms with E-state index >= 15 is 0 Å². The van der Waals surface area contributed by atoms with E-state index in [0.29, 0.717) is 12.6 Å². The average molecular weight is 346 g/mol. The van der Waals surface area contributed by atoms with E-state index in [9.17, 15) is 9.90 Å². The van der Waals surface area contributed by atoms with Gasteiger partial charge in [-0.1, -0.05) is 18.9 Å². The predicted octanol–water partition coefficient (Wildman–Crippen LogP) is 1.96. The van der Waals surface area contributed by atoms with Crippen LogP contribution in [-0.4, -0.2) is 52.3 Å². The lowest BCUT2D eigenvalue weighted by Crippen LogP contribution is -2.53. The Morgan fingerprint density at radius 2 is 2.00 bits per heavy atom. The fraction of sp³-hybridized carbons (Fsp3) is 0.684. The number of piperidine rings is 1. The standard InChI is InChI=1S/C19H30N4O2/c1-14-6-7-15(12-20-14)13-21-19(25)22-16-8-10-23(11-9-16)17-4-2-3-5-18(17)24/h6-7,12,16-18,24H,2-5,8-11,13H2,1H3,(H2,21,22,25). The molecule has 2 fully saturated rings. The number of aryl methyl sites for hydroxylation is 1. The molecule has 2 atom stereocenters. The summed E-state index contributed by atoms with van der Waals surface area (Å²) in [4.78, 5) is 18.7. The number of rotatable bonds is 4. The first-order chi connectivity index (χ1) is 12.1. The normalized spacial score (nSPS) is 25.5. The van der Waals surface area contributed by atoms with Gasteiger partial charge in [0.25, 0.3) is 0 Å². The van der Waals surface area contributed by atoms with Gasteiger partial charge in [0, 0.05) is 43.6 Å². The summed E-state index contributed by atoms with van der Waals surface area (Å²) >= 11 is 0. The van der Waals surface area contributed by atoms with Crippen molar-refractivity contribution in [3.8, 4) is 0 Å². The number of likely N-dealkylation sites (tertiary alicyclic amines) is 1. The number of hydrogen-bond donors (Lipinski definition) is 3. The first-order valence-corrected chi connectivity index (χ1v) is 9.50. The zero-order valence-corrected chi connectivity index (χ0v) is 15.1. The molecule has 0 spiro atoms. The van der Waals surface area contributed by atoms with Gasteiger partial charge < -0.3 is 15.7 Å². The van der Waals surface area contributed by atoms with Crippen LogP contribution in [-0.2, 0) is 6.54 Å². The van der Waals surface area contributed by atoms with Crippen molar-refractivity contribution in [1.82, 2.24) is 20.5 Å². The van der Waals surface area contributed by atoms with Crippen molar-refractivity contribution in [2.24, 2.45) is 0 Å². The number of carbonyl (C=O) groups excluding carboxylic acids is 1. The lowest BCUT2D eigenvalue weighted by molar-refractivity contribution is 0.00777. The van der Waals surface area contributed by atoms with E-state index in [1.165, 1.54) is 6.42 Å². The molecule has 2 amide bonds. The maximum Gasteiger partial charge on any atom is 0.315 e. The van der Waals surface area contributed by atoms with Crippen molar-refractivity contribution in [1.29, 1.82) is 0 Å². The molecule has 2 unspecified atom stereocenters. The maximum atomic E-state index is 12.1. The number of hydrogen-bond acceptors (Lipinski definition) is 4. The van der Waals surface area contributed by atoms with Gasteiger partial charge in [-0.25, -0.2) is 4.79 Å². The highest BCUT2D eigenvalue weighted by molar-refractivity contribution is 5.74. The molecule has 0 bridgehead atoms. The second-order valence-corrected chi connectivity index (χ2v) is 7.36. The van der Waals surface area contributed by atoms with E-state index in [4.69, 9.17) is 0 Å². The van der Waals surface area contributed by atoms with Gasteiger partial charge in [-0.3, -0.25) is 9.88 Å². The van der Waals surface area contributed by atoms with E-state index in [1.807, 2.05) is 19.1 Å². The van der Waals surface area contributed by atoms with Crippen LogP contribution in [0.5, 0.6) is 0 Å². The number of aliphatic hydroxyl groups is 1. The van der Waals surface area contributed by atoms with Gasteiger partial charge in [-0.05, 0) is 44.2 Å².